The zero-order valence-corrected chi connectivity index (χ0v) is 11.3. The number of sulfonamides is 1. The second kappa shape index (κ2) is 7.21. The van der Waals surface area contributed by atoms with Gasteiger partial charge in [0.15, 0.2) is 9.84 Å². The van der Waals surface area contributed by atoms with Gasteiger partial charge in [-0.1, -0.05) is 13.8 Å². The Kier molecular flexibility index (Phi) is 7.12. The summed E-state index contributed by atoms with van der Waals surface area (Å²) in [6.07, 6.45) is 0. The largest absolute Gasteiger partial charge is 0.316 e. The Morgan fingerprint density at radius 1 is 0.938 bits per heavy atom. The standard InChI is InChI=1S/C8H20N2O4S2/c1-3-9-5-8-16(13,14)10-6-7-15(11,12)4-2/h9-10H,3-8H2,1-2H3. The highest BCUT2D eigenvalue weighted by atomic mass is 32.2. The molecule has 98 valence electrons. The van der Waals surface area contributed by atoms with E-state index >= 15 is 0 Å². The highest BCUT2D eigenvalue weighted by molar-refractivity contribution is 7.91. The van der Waals surface area contributed by atoms with Crippen LogP contribution >= 0.6 is 0 Å². The molecule has 0 aliphatic rings. The van der Waals surface area contributed by atoms with E-state index in [1.165, 1.54) is 6.92 Å². The molecule has 0 fully saturated rings. The van der Waals surface area contributed by atoms with Crippen molar-refractivity contribution in [3.63, 3.8) is 0 Å². The lowest BCUT2D eigenvalue weighted by atomic mass is 10.7. The second-order valence-corrected chi connectivity index (χ2v) is 7.70. The molecule has 0 saturated carbocycles. The zero-order chi connectivity index (χ0) is 12.7. The normalized spacial score (nSPS) is 12.9. The predicted octanol–water partition coefficient (Wildman–Crippen LogP) is -1.05. The molecular weight excluding hydrogens is 252 g/mol. The van der Waals surface area contributed by atoms with Crippen LogP contribution in [0.2, 0.25) is 0 Å². The van der Waals surface area contributed by atoms with Gasteiger partial charge in [0.1, 0.15) is 0 Å². The van der Waals surface area contributed by atoms with Gasteiger partial charge in [0.25, 0.3) is 0 Å². The molecule has 0 radical (unpaired) electrons. The lowest BCUT2D eigenvalue weighted by Crippen LogP contribution is -2.34. The summed E-state index contributed by atoms with van der Waals surface area (Å²) in [5, 5.41) is 2.88. The van der Waals surface area contributed by atoms with Gasteiger partial charge in [0.2, 0.25) is 10.0 Å². The number of rotatable bonds is 9. The van der Waals surface area contributed by atoms with Gasteiger partial charge in [0, 0.05) is 18.8 Å². The third-order valence-corrected chi connectivity index (χ3v) is 5.06. The molecule has 0 bridgehead atoms. The zero-order valence-electron chi connectivity index (χ0n) is 9.69. The molecule has 0 unspecified atom stereocenters. The molecule has 0 aromatic carbocycles. The van der Waals surface area contributed by atoms with E-state index in [0.29, 0.717) is 13.1 Å². The molecule has 0 spiro atoms. The highest BCUT2D eigenvalue weighted by Crippen LogP contribution is 1.89. The van der Waals surface area contributed by atoms with E-state index in [1.54, 1.807) is 0 Å². The Morgan fingerprint density at radius 3 is 2.06 bits per heavy atom. The van der Waals surface area contributed by atoms with Crippen molar-refractivity contribution in [2.24, 2.45) is 0 Å². The van der Waals surface area contributed by atoms with Crippen LogP contribution in [-0.4, -0.2) is 53.7 Å². The van der Waals surface area contributed by atoms with Crippen LogP contribution < -0.4 is 10.0 Å². The van der Waals surface area contributed by atoms with E-state index in [9.17, 15) is 16.8 Å². The van der Waals surface area contributed by atoms with E-state index in [4.69, 9.17) is 0 Å². The molecule has 8 heteroatoms. The van der Waals surface area contributed by atoms with Crippen molar-refractivity contribution in [2.75, 3.05) is 36.9 Å². The van der Waals surface area contributed by atoms with Crippen molar-refractivity contribution in [1.82, 2.24) is 10.0 Å². The maximum absolute atomic E-state index is 11.3. The first-order chi connectivity index (χ1) is 7.33. The molecular formula is C8H20N2O4S2. The third kappa shape index (κ3) is 8.03. The molecule has 2 N–H and O–H groups in total. The summed E-state index contributed by atoms with van der Waals surface area (Å²) in [6, 6.07) is 0. The Bertz CT molecular complexity index is 375. The molecule has 0 atom stereocenters. The minimum atomic E-state index is -3.36. The number of hydrogen-bond donors (Lipinski definition) is 2. The summed E-state index contributed by atoms with van der Waals surface area (Å²) in [7, 11) is -6.47. The molecule has 0 rings (SSSR count). The van der Waals surface area contributed by atoms with Crippen molar-refractivity contribution in [1.29, 1.82) is 0 Å². The number of nitrogens with one attached hydrogen (secondary N) is 2. The minimum absolute atomic E-state index is 0.0338. The van der Waals surface area contributed by atoms with Gasteiger partial charge < -0.3 is 5.32 Å². The van der Waals surface area contributed by atoms with Crippen LogP contribution in [0.25, 0.3) is 0 Å². The first kappa shape index (κ1) is 15.8. The summed E-state index contributed by atoms with van der Waals surface area (Å²) in [4.78, 5) is 0. The Morgan fingerprint density at radius 2 is 1.56 bits per heavy atom. The summed E-state index contributed by atoms with van der Waals surface area (Å²) in [5.41, 5.74) is 0. The van der Waals surface area contributed by atoms with Gasteiger partial charge in [-0.15, -0.1) is 0 Å². The number of hydrogen-bond acceptors (Lipinski definition) is 5. The average molecular weight is 272 g/mol. The first-order valence-electron chi connectivity index (χ1n) is 5.21. The monoisotopic (exact) mass is 272 g/mol. The molecule has 0 aliphatic carbocycles. The second-order valence-electron chi connectivity index (χ2n) is 3.30. The van der Waals surface area contributed by atoms with Crippen molar-refractivity contribution in [2.45, 2.75) is 13.8 Å². The Labute approximate surface area is 97.8 Å². The first-order valence-corrected chi connectivity index (χ1v) is 8.69. The molecule has 0 saturated heterocycles. The van der Waals surface area contributed by atoms with Crippen molar-refractivity contribution >= 4 is 19.9 Å². The molecule has 6 nitrogen and oxygen atoms in total. The Hall–Kier alpha value is -0.180. The van der Waals surface area contributed by atoms with Gasteiger partial charge in [-0.05, 0) is 6.54 Å². The maximum atomic E-state index is 11.3. The number of sulfone groups is 1. The van der Waals surface area contributed by atoms with Gasteiger partial charge in [-0.3, -0.25) is 0 Å². The van der Waals surface area contributed by atoms with Gasteiger partial charge in [0.05, 0.1) is 11.5 Å². The van der Waals surface area contributed by atoms with Crippen LogP contribution in [0.15, 0.2) is 0 Å². The Balaban J connectivity index is 3.92. The van der Waals surface area contributed by atoms with E-state index in [1.807, 2.05) is 6.92 Å². The fourth-order valence-corrected chi connectivity index (χ4v) is 2.75. The summed E-state index contributed by atoms with van der Waals surface area (Å²) in [6.45, 7) is 4.44. The van der Waals surface area contributed by atoms with Gasteiger partial charge in [-0.25, -0.2) is 21.6 Å². The van der Waals surface area contributed by atoms with Crippen LogP contribution in [0.4, 0.5) is 0 Å². The molecule has 16 heavy (non-hydrogen) atoms. The quantitative estimate of drug-likeness (QED) is 0.523. The molecule has 0 aliphatic heterocycles. The van der Waals surface area contributed by atoms with E-state index in [0.717, 1.165) is 0 Å². The predicted molar refractivity (Wildman–Crippen MR) is 64.7 cm³/mol. The SMILES string of the molecule is CCNCCS(=O)(=O)NCCS(=O)(=O)CC. The lowest BCUT2D eigenvalue weighted by Gasteiger charge is -2.06. The van der Waals surface area contributed by atoms with Crippen molar-refractivity contribution in [3.05, 3.63) is 0 Å². The van der Waals surface area contributed by atoms with E-state index in [2.05, 4.69) is 10.0 Å². The van der Waals surface area contributed by atoms with Crippen molar-refractivity contribution < 1.29 is 16.8 Å². The fourth-order valence-electron chi connectivity index (χ4n) is 0.952. The van der Waals surface area contributed by atoms with Crippen LogP contribution in [0.3, 0.4) is 0 Å². The topological polar surface area (TPSA) is 92.3 Å². The smallest absolute Gasteiger partial charge is 0.212 e. The van der Waals surface area contributed by atoms with E-state index in [-0.39, 0.29) is 23.8 Å². The van der Waals surface area contributed by atoms with Crippen LogP contribution in [0.5, 0.6) is 0 Å². The van der Waals surface area contributed by atoms with Crippen LogP contribution in [0.1, 0.15) is 13.8 Å². The highest BCUT2D eigenvalue weighted by Gasteiger charge is 2.12. The van der Waals surface area contributed by atoms with Crippen LogP contribution in [0, 0.1) is 0 Å². The third-order valence-electron chi connectivity index (χ3n) is 1.97. The summed E-state index contributed by atoms with van der Waals surface area (Å²) in [5.74, 6) is -0.150. The summed E-state index contributed by atoms with van der Waals surface area (Å²) >= 11 is 0. The van der Waals surface area contributed by atoms with Crippen molar-refractivity contribution in [3.8, 4) is 0 Å². The van der Waals surface area contributed by atoms with Gasteiger partial charge >= 0.3 is 0 Å². The molecule has 0 heterocycles. The fraction of sp³-hybridized carbons (Fsp3) is 1.00. The van der Waals surface area contributed by atoms with Crippen LogP contribution in [-0.2, 0) is 19.9 Å². The average Bonchev–Trinajstić information content (AvgIpc) is 2.17. The lowest BCUT2D eigenvalue weighted by molar-refractivity contribution is 0.578. The molecule has 0 amide bonds. The molecule has 0 aromatic heterocycles. The molecule has 0 aromatic rings. The maximum Gasteiger partial charge on any atom is 0.212 e. The minimum Gasteiger partial charge on any atom is -0.316 e. The van der Waals surface area contributed by atoms with Gasteiger partial charge in [-0.2, -0.15) is 0 Å². The summed E-state index contributed by atoms with van der Waals surface area (Å²) < 4.78 is 47.1. The van der Waals surface area contributed by atoms with E-state index < -0.39 is 19.9 Å².